The second-order valence-electron chi connectivity index (χ2n) is 6.49. The van der Waals surface area contributed by atoms with Crippen LogP contribution in [0.1, 0.15) is 45.6 Å². The lowest BCUT2D eigenvalue weighted by atomic mass is 9.74. The SMILES string of the molecule is CC1CCC(C(C)C)C(NCCc2ccncc2)C1. The molecule has 0 amide bonds. The Bertz CT molecular complexity index is 361. The molecule has 1 heterocycles. The first kappa shape index (κ1) is 14.5. The monoisotopic (exact) mass is 260 g/mol. The van der Waals surface area contributed by atoms with Crippen LogP contribution in [0.4, 0.5) is 0 Å². The number of aromatic nitrogens is 1. The van der Waals surface area contributed by atoms with Gasteiger partial charge in [0.15, 0.2) is 0 Å². The Kier molecular flexibility index (Phi) is 5.38. The van der Waals surface area contributed by atoms with Crippen LogP contribution in [0.2, 0.25) is 0 Å². The van der Waals surface area contributed by atoms with Crippen LogP contribution >= 0.6 is 0 Å². The van der Waals surface area contributed by atoms with Crippen LogP contribution in [0.15, 0.2) is 24.5 Å². The van der Waals surface area contributed by atoms with Gasteiger partial charge in [-0.1, -0.05) is 27.2 Å². The molecule has 1 aromatic rings. The van der Waals surface area contributed by atoms with E-state index in [2.05, 4.69) is 43.2 Å². The van der Waals surface area contributed by atoms with Gasteiger partial charge in [0, 0.05) is 18.4 Å². The summed E-state index contributed by atoms with van der Waals surface area (Å²) in [5.74, 6) is 2.54. The molecule has 0 saturated heterocycles. The Morgan fingerprint density at radius 3 is 2.68 bits per heavy atom. The Hall–Kier alpha value is -0.890. The van der Waals surface area contributed by atoms with E-state index in [-0.39, 0.29) is 0 Å². The molecule has 0 spiro atoms. The van der Waals surface area contributed by atoms with Crippen LogP contribution < -0.4 is 5.32 Å². The van der Waals surface area contributed by atoms with E-state index in [1.165, 1.54) is 24.8 Å². The van der Waals surface area contributed by atoms with Gasteiger partial charge in [-0.05, 0) is 61.3 Å². The number of hydrogen-bond acceptors (Lipinski definition) is 2. The van der Waals surface area contributed by atoms with E-state index in [0.717, 1.165) is 30.7 Å². The molecule has 1 saturated carbocycles. The number of rotatable bonds is 5. The van der Waals surface area contributed by atoms with E-state index in [9.17, 15) is 0 Å². The molecule has 19 heavy (non-hydrogen) atoms. The molecule has 3 unspecified atom stereocenters. The van der Waals surface area contributed by atoms with E-state index < -0.39 is 0 Å². The molecule has 0 radical (unpaired) electrons. The average molecular weight is 260 g/mol. The van der Waals surface area contributed by atoms with Gasteiger partial charge in [0.1, 0.15) is 0 Å². The van der Waals surface area contributed by atoms with E-state index >= 15 is 0 Å². The van der Waals surface area contributed by atoms with Crippen molar-refractivity contribution >= 4 is 0 Å². The van der Waals surface area contributed by atoms with Crippen molar-refractivity contribution in [3.05, 3.63) is 30.1 Å². The Labute approximate surface area is 118 Å². The Morgan fingerprint density at radius 2 is 2.00 bits per heavy atom. The van der Waals surface area contributed by atoms with Gasteiger partial charge in [-0.25, -0.2) is 0 Å². The van der Waals surface area contributed by atoms with E-state index in [4.69, 9.17) is 0 Å². The first-order valence-corrected chi connectivity index (χ1v) is 7.79. The maximum Gasteiger partial charge on any atom is 0.0270 e. The van der Waals surface area contributed by atoms with Gasteiger partial charge in [-0.3, -0.25) is 4.98 Å². The topological polar surface area (TPSA) is 24.9 Å². The molecule has 1 aromatic heterocycles. The van der Waals surface area contributed by atoms with Gasteiger partial charge in [0.25, 0.3) is 0 Å². The highest BCUT2D eigenvalue weighted by Crippen LogP contribution is 2.33. The van der Waals surface area contributed by atoms with Crippen LogP contribution in [0.25, 0.3) is 0 Å². The molecule has 1 aliphatic carbocycles. The average Bonchev–Trinajstić information content (AvgIpc) is 2.39. The quantitative estimate of drug-likeness (QED) is 0.873. The highest BCUT2D eigenvalue weighted by molar-refractivity contribution is 5.09. The third-order valence-electron chi connectivity index (χ3n) is 4.59. The minimum atomic E-state index is 0.714. The first-order valence-electron chi connectivity index (χ1n) is 7.79. The maximum atomic E-state index is 4.07. The molecule has 106 valence electrons. The van der Waals surface area contributed by atoms with Gasteiger partial charge >= 0.3 is 0 Å². The summed E-state index contributed by atoms with van der Waals surface area (Å²) in [7, 11) is 0. The minimum Gasteiger partial charge on any atom is -0.313 e. The molecule has 3 atom stereocenters. The molecule has 0 bridgehead atoms. The van der Waals surface area contributed by atoms with Crippen molar-refractivity contribution in [2.24, 2.45) is 17.8 Å². The fraction of sp³-hybridized carbons (Fsp3) is 0.706. The summed E-state index contributed by atoms with van der Waals surface area (Å²) in [5.41, 5.74) is 1.38. The van der Waals surface area contributed by atoms with Gasteiger partial charge < -0.3 is 5.32 Å². The molecule has 2 nitrogen and oxygen atoms in total. The van der Waals surface area contributed by atoms with E-state index in [1.54, 1.807) is 0 Å². The zero-order chi connectivity index (χ0) is 13.7. The van der Waals surface area contributed by atoms with Crippen molar-refractivity contribution in [3.8, 4) is 0 Å². The summed E-state index contributed by atoms with van der Waals surface area (Å²) in [6.07, 6.45) is 9.03. The maximum absolute atomic E-state index is 4.07. The number of nitrogens with one attached hydrogen (secondary N) is 1. The van der Waals surface area contributed by atoms with Gasteiger partial charge in [-0.2, -0.15) is 0 Å². The van der Waals surface area contributed by atoms with Crippen molar-refractivity contribution in [1.82, 2.24) is 10.3 Å². The van der Waals surface area contributed by atoms with Crippen LogP contribution in [0.5, 0.6) is 0 Å². The van der Waals surface area contributed by atoms with Crippen molar-refractivity contribution in [1.29, 1.82) is 0 Å². The van der Waals surface area contributed by atoms with Crippen LogP contribution in [0.3, 0.4) is 0 Å². The fourth-order valence-corrected chi connectivity index (χ4v) is 3.39. The Morgan fingerprint density at radius 1 is 1.26 bits per heavy atom. The first-order chi connectivity index (χ1) is 9.16. The lowest BCUT2D eigenvalue weighted by molar-refractivity contribution is 0.171. The predicted octanol–water partition coefficient (Wildman–Crippen LogP) is 3.67. The summed E-state index contributed by atoms with van der Waals surface area (Å²) in [6, 6.07) is 4.95. The predicted molar refractivity (Wildman–Crippen MR) is 81.1 cm³/mol. The molecule has 0 aliphatic heterocycles. The third kappa shape index (κ3) is 4.31. The van der Waals surface area contributed by atoms with Crippen molar-refractivity contribution < 1.29 is 0 Å². The summed E-state index contributed by atoms with van der Waals surface area (Å²) >= 11 is 0. The summed E-state index contributed by atoms with van der Waals surface area (Å²) in [4.78, 5) is 4.07. The highest BCUT2D eigenvalue weighted by atomic mass is 14.9. The zero-order valence-corrected chi connectivity index (χ0v) is 12.6. The van der Waals surface area contributed by atoms with Crippen LogP contribution in [-0.4, -0.2) is 17.6 Å². The van der Waals surface area contributed by atoms with Gasteiger partial charge in [0.05, 0.1) is 0 Å². The Balaban J connectivity index is 1.82. The second kappa shape index (κ2) is 7.04. The molecule has 1 fully saturated rings. The van der Waals surface area contributed by atoms with Gasteiger partial charge in [0.2, 0.25) is 0 Å². The standard InChI is InChI=1S/C17H28N2/c1-13(2)16-5-4-14(3)12-17(16)19-11-8-15-6-9-18-10-7-15/h6-7,9-10,13-14,16-17,19H,4-5,8,11-12H2,1-3H3. The molecule has 0 aromatic carbocycles. The second-order valence-corrected chi connectivity index (χ2v) is 6.49. The van der Waals surface area contributed by atoms with Gasteiger partial charge in [-0.15, -0.1) is 0 Å². The number of nitrogens with zero attached hydrogens (tertiary/aromatic N) is 1. The summed E-state index contributed by atoms with van der Waals surface area (Å²) < 4.78 is 0. The fourth-order valence-electron chi connectivity index (χ4n) is 3.39. The van der Waals surface area contributed by atoms with Crippen molar-refractivity contribution in [3.63, 3.8) is 0 Å². The lowest BCUT2D eigenvalue weighted by Crippen LogP contribution is -2.43. The van der Waals surface area contributed by atoms with E-state index in [1.807, 2.05) is 12.4 Å². The van der Waals surface area contributed by atoms with Crippen LogP contribution in [-0.2, 0) is 6.42 Å². The summed E-state index contributed by atoms with van der Waals surface area (Å²) in [5, 5.41) is 3.81. The molecule has 2 rings (SSSR count). The van der Waals surface area contributed by atoms with Crippen molar-refractivity contribution in [2.75, 3.05) is 6.54 Å². The van der Waals surface area contributed by atoms with Crippen molar-refractivity contribution in [2.45, 2.75) is 52.5 Å². The largest absolute Gasteiger partial charge is 0.313 e. The molecular formula is C17H28N2. The number of pyridine rings is 1. The molecule has 1 aliphatic rings. The third-order valence-corrected chi connectivity index (χ3v) is 4.59. The van der Waals surface area contributed by atoms with Crippen LogP contribution in [0, 0.1) is 17.8 Å². The molecule has 2 heteroatoms. The normalized spacial score (nSPS) is 27.7. The number of hydrogen-bond donors (Lipinski definition) is 1. The smallest absolute Gasteiger partial charge is 0.0270 e. The summed E-state index contributed by atoms with van der Waals surface area (Å²) in [6.45, 7) is 8.23. The zero-order valence-electron chi connectivity index (χ0n) is 12.6. The highest BCUT2D eigenvalue weighted by Gasteiger charge is 2.29. The minimum absolute atomic E-state index is 0.714. The molecular weight excluding hydrogens is 232 g/mol. The molecule has 1 N–H and O–H groups in total. The lowest BCUT2D eigenvalue weighted by Gasteiger charge is -2.38. The van der Waals surface area contributed by atoms with E-state index in [0.29, 0.717) is 6.04 Å².